The lowest BCUT2D eigenvalue weighted by Crippen LogP contribution is -2.48. The molecule has 2 amide bonds. The minimum absolute atomic E-state index is 0.143. The summed E-state index contributed by atoms with van der Waals surface area (Å²) in [6.07, 6.45) is 7.10. The molecule has 0 bridgehead atoms. The van der Waals surface area contributed by atoms with Crippen LogP contribution in [-0.4, -0.2) is 71.2 Å². The Bertz CT molecular complexity index is 715. The van der Waals surface area contributed by atoms with Crippen molar-refractivity contribution in [1.82, 2.24) is 9.80 Å². The lowest BCUT2D eigenvalue weighted by Gasteiger charge is -2.36. The number of thioether (sulfide) groups is 1. The molecule has 2 saturated heterocycles. The van der Waals surface area contributed by atoms with Crippen LogP contribution in [0.2, 0.25) is 0 Å². The standard InChI is InChI=1S/C23H32N2O4S/c26-21(17-30-16-15-28-20-7-3-1-4-8-20)24-13-9-19(10-14-24)25-18-23(29-22(25)27)11-5-2-6-12-23/h1,3-4,7-8,19H,2,5-6,9-18H2. The summed E-state index contributed by atoms with van der Waals surface area (Å²) < 4.78 is 11.5. The van der Waals surface area contributed by atoms with Crippen molar-refractivity contribution >= 4 is 23.8 Å². The molecule has 6 nitrogen and oxygen atoms in total. The van der Waals surface area contributed by atoms with Crippen LogP contribution in [0.25, 0.3) is 0 Å². The third-order valence-electron chi connectivity index (χ3n) is 6.48. The van der Waals surface area contributed by atoms with E-state index >= 15 is 0 Å². The molecule has 7 heteroatoms. The van der Waals surface area contributed by atoms with E-state index < -0.39 is 0 Å². The third-order valence-corrected chi connectivity index (χ3v) is 7.39. The maximum absolute atomic E-state index is 12.5. The topological polar surface area (TPSA) is 59.1 Å². The van der Waals surface area contributed by atoms with E-state index in [0.29, 0.717) is 12.4 Å². The summed E-state index contributed by atoms with van der Waals surface area (Å²) in [6.45, 7) is 2.78. The average Bonchev–Trinajstić information content (AvgIpc) is 3.10. The molecule has 2 aliphatic heterocycles. The predicted molar refractivity (Wildman–Crippen MR) is 118 cm³/mol. The first-order valence-corrected chi connectivity index (χ1v) is 12.3. The largest absolute Gasteiger partial charge is 0.493 e. The van der Waals surface area contributed by atoms with Gasteiger partial charge in [-0.3, -0.25) is 4.79 Å². The number of carbonyl (C=O) groups is 2. The van der Waals surface area contributed by atoms with Crippen LogP contribution < -0.4 is 4.74 Å². The van der Waals surface area contributed by atoms with Crippen LogP contribution in [0.5, 0.6) is 5.75 Å². The van der Waals surface area contributed by atoms with Gasteiger partial charge in [-0.1, -0.05) is 24.6 Å². The van der Waals surface area contributed by atoms with Crippen molar-refractivity contribution in [2.75, 3.05) is 37.7 Å². The summed E-state index contributed by atoms with van der Waals surface area (Å²) in [5.74, 6) is 2.32. The molecule has 0 atom stereocenters. The molecule has 0 unspecified atom stereocenters. The van der Waals surface area contributed by atoms with Crippen molar-refractivity contribution in [3.63, 3.8) is 0 Å². The smallest absolute Gasteiger partial charge is 0.410 e. The van der Waals surface area contributed by atoms with Crippen LogP contribution in [0.4, 0.5) is 4.79 Å². The number of nitrogens with zero attached hydrogens (tertiary/aromatic N) is 2. The Labute approximate surface area is 183 Å². The minimum Gasteiger partial charge on any atom is -0.493 e. The fourth-order valence-electron chi connectivity index (χ4n) is 4.80. The van der Waals surface area contributed by atoms with E-state index in [-0.39, 0.29) is 23.6 Å². The molecule has 0 N–H and O–H groups in total. The Kier molecular flexibility index (Phi) is 7.08. The molecule has 3 aliphatic rings. The summed E-state index contributed by atoms with van der Waals surface area (Å²) in [5.41, 5.74) is -0.235. The number of carbonyl (C=O) groups excluding carboxylic acids is 2. The molecule has 1 aromatic rings. The number of hydrogen-bond acceptors (Lipinski definition) is 5. The van der Waals surface area contributed by atoms with Gasteiger partial charge >= 0.3 is 6.09 Å². The van der Waals surface area contributed by atoms with Gasteiger partial charge in [-0.2, -0.15) is 0 Å². The minimum atomic E-state index is -0.235. The van der Waals surface area contributed by atoms with Crippen LogP contribution in [0, 0.1) is 0 Å². The molecule has 1 saturated carbocycles. The molecule has 0 radical (unpaired) electrons. The number of amides is 2. The van der Waals surface area contributed by atoms with Crippen LogP contribution in [-0.2, 0) is 9.53 Å². The second kappa shape index (κ2) is 9.94. The second-order valence-corrected chi connectivity index (χ2v) is 9.67. The summed E-state index contributed by atoms with van der Waals surface area (Å²) in [6, 6.07) is 9.94. The quantitative estimate of drug-likeness (QED) is 0.611. The van der Waals surface area contributed by atoms with Gasteiger partial charge in [0, 0.05) is 24.9 Å². The lowest BCUT2D eigenvalue weighted by molar-refractivity contribution is -0.129. The Morgan fingerprint density at radius 3 is 2.60 bits per heavy atom. The van der Waals surface area contributed by atoms with Crippen LogP contribution in [0.3, 0.4) is 0 Å². The Morgan fingerprint density at radius 2 is 1.87 bits per heavy atom. The zero-order chi connectivity index (χ0) is 20.8. The van der Waals surface area contributed by atoms with Gasteiger partial charge in [0.2, 0.25) is 5.91 Å². The first-order chi connectivity index (χ1) is 14.7. The normalized spacial score (nSPS) is 21.7. The molecule has 4 rings (SSSR count). The van der Waals surface area contributed by atoms with Crippen LogP contribution in [0.1, 0.15) is 44.9 Å². The van der Waals surface area contributed by atoms with Crippen LogP contribution >= 0.6 is 11.8 Å². The molecular weight excluding hydrogens is 400 g/mol. The molecule has 1 aromatic carbocycles. The van der Waals surface area contributed by atoms with Crippen LogP contribution in [0.15, 0.2) is 30.3 Å². The van der Waals surface area contributed by atoms with E-state index in [2.05, 4.69) is 0 Å². The number of para-hydroxylation sites is 1. The Balaban J connectivity index is 1.14. The first kappa shape index (κ1) is 21.3. The second-order valence-electron chi connectivity index (χ2n) is 8.57. The molecule has 3 fully saturated rings. The zero-order valence-electron chi connectivity index (χ0n) is 17.6. The lowest BCUT2D eigenvalue weighted by atomic mass is 9.84. The molecule has 2 heterocycles. The molecule has 0 aromatic heterocycles. The maximum atomic E-state index is 12.5. The monoisotopic (exact) mass is 432 g/mol. The summed E-state index contributed by atoms with van der Waals surface area (Å²) in [5, 5.41) is 0. The van der Waals surface area contributed by atoms with E-state index in [4.69, 9.17) is 9.47 Å². The number of hydrogen-bond donors (Lipinski definition) is 0. The van der Waals surface area contributed by atoms with Crippen molar-refractivity contribution in [1.29, 1.82) is 0 Å². The summed E-state index contributed by atoms with van der Waals surface area (Å²) in [4.78, 5) is 28.9. The fraction of sp³-hybridized carbons (Fsp3) is 0.652. The van der Waals surface area contributed by atoms with Crippen molar-refractivity contribution in [2.45, 2.75) is 56.6 Å². The molecule has 1 aliphatic carbocycles. The number of likely N-dealkylation sites (tertiary alicyclic amines) is 1. The number of benzene rings is 1. The highest BCUT2D eigenvalue weighted by Crippen LogP contribution is 2.38. The summed E-state index contributed by atoms with van der Waals surface area (Å²) in [7, 11) is 0. The average molecular weight is 433 g/mol. The van der Waals surface area contributed by atoms with Crippen molar-refractivity contribution in [3.8, 4) is 5.75 Å². The van der Waals surface area contributed by atoms with Gasteiger partial charge < -0.3 is 19.3 Å². The van der Waals surface area contributed by atoms with Gasteiger partial charge in [0.05, 0.1) is 18.9 Å². The van der Waals surface area contributed by atoms with Gasteiger partial charge in [-0.25, -0.2) is 4.79 Å². The van der Waals surface area contributed by atoms with Gasteiger partial charge in [-0.05, 0) is 50.7 Å². The Morgan fingerprint density at radius 1 is 1.13 bits per heavy atom. The molecule has 30 heavy (non-hydrogen) atoms. The molecule has 1 spiro atoms. The molecule has 164 valence electrons. The van der Waals surface area contributed by atoms with E-state index in [1.807, 2.05) is 40.1 Å². The van der Waals surface area contributed by atoms with Crippen molar-refractivity contribution in [2.24, 2.45) is 0 Å². The number of ether oxygens (including phenoxy) is 2. The first-order valence-electron chi connectivity index (χ1n) is 11.2. The van der Waals surface area contributed by atoms with E-state index in [0.717, 1.165) is 69.7 Å². The van der Waals surface area contributed by atoms with Gasteiger partial charge in [-0.15, -0.1) is 11.8 Å². The van der Waals surface area contributed by atoms with Gasteiger partial charge in [0.25, 0.3) is 0 Å². The highest BCUT2D eigenvalue weighted by molar-refractivity contribution is 7.99. The van der Waals surface area contributed by atoms with Gasteiger partial charge in [0.1, 0.15) is 11.4 Å². The predicted octanol–water partition coefficient (Wildman–Crippen LogP) is 3.94. The van der Waals surface area contributed by atoms with Crippen molar-refractivity contribution in [3.05, 3.63) is 30.3 Å². The highest BCUT2D eigenvalue weighted by atomic mass is 32.2. The van der Waals surface area contributed by atoms with Crippen molar-refractivity contribution < 1.29 is 19.1 Å². The SMILES string of the molecule is O=C(CSCCOc1ccccc1)N1CCC(N2CC3(CCCCC3)OC2=O)CC1. The zero-order valence-corrected chi connectivity index (χ0v) is 18.4. The number of rotatable bonds is 7. The summed E-state index contributed by atoms with van der Waals surface area (Å²) >= 11 is 1.61. The third kappa shape index (κ3) is 5.23. The highest BCUT2D eigenvalue weighted by Gasteiger charge is 2.48. The van der Waals surface area contributed by atoms with E-state index in [1.165, 1.54) is 6.42 Å². The van der Waals surface area contributed by atoms with E-state index in [1.54, 1.807) is 11.8 Å². The number of piperidine rings is 1. The van der Waals surface area contributed by atoms with Gasteiger partial charge in [0.15, 0.2) is 0 Å². The van der Waals surface area contributed by atoms with E-state index in [9.17, 15) is 9.59 Å². The molecular formula is C23H32N2O4S. The fourth-order valence-corrected chi connectivity index (χ4v) is 5.50. The maximum Gasteiger partial charge on any atom is 0.410 e. The Hall–Kier alpha value is -1.89.